The fourth-order valence-corrected chi connectivity index (χ4v) is 1.91. The smallest absolute Gasteiger partial charge is 0.161 e. The molecule has 0 unspecified atom stereocenters. The van der Waals surface area contributed by atoms with E-state index in [0.29, 0.717) is 22.4 Å². The maximum absolute atomic E-state index is 9.56. The van der Waals surface area contributed by atoms with E-state index >= 15 is 0 Å². The van der Waals surface area contributed by atoms with Crippen molar-refractivity contribution < 1.29 is 20.3 Å². The van der Waals surface area contributed by atoms with Crippen LogP contribution in [0.2, 0.25) is 0 Å². The average molecular weight is 298 g/mol. The zero-order valence-corrected chi connectivity index (χ0v) is 11.8. The maximum Gasteiger partial charge on any atom is 0.161 e. The Morgan fingerprint density at radius 2 is 1.86 bits per heavy atom. The fourth-order valence-electron chi connectivity index (χ4n) is 1.91. The number of hydrogen-bond donors (Lipinski definition) is 3. The zero-order chi connectivity index (χ0) is 16.1. The molecule has 0 amide bonds. The molecule has 6 nitrogen and oxygen atoms in total. The van der Waals surface area contributed by atoms with Crippen LogP contribution in [-0.4, -0.2) is 22.6 Å². The Bertz CT molecular complexity index is 731. The summed E-state index contributed by atoms with van der Waals surface area (Å²) >= 11 is 0. The second kappa shape index (κ2) is 6.63. The van der Waals surface area contributed by atoms with Gasteiger partial charge in [0.25, 0.3) is 0 Å². The number of methoxy groups -OCH3 is 1. The first-order valence-corrected chi connectivity index (χ1v) is 6.32. The van der Waals surface area contributed by atoms with Crippen LogP contribution < -0.4 is 9.96 Å². The Morgan fingerprint density at radius 1 is 1.18 bits per heavy atom. The van der Waals surface area contributed by atoms with E-state index in [1.165, 1.54) is 25.3 Å². The number of benzene rings is 2. The number of phenolic OH excluding ortho intramolecular Hbond substituents is 1. The predicted molar refractivity (Wildman–Crippen MR) is 80.6 cm³/mol. The third-order valence-corrected chi connectivity index (χ3v) is 3.04. The molecule has 0 aliphatic rings. The molecule has 6 heteroatoms. The van der Waals surface area contributed by atoms with Crippen LogP contribution in [-0.2, 0) is 0 Å². The summed E-state index contributed by atoms with van der Waals surface area (Å²) in [6, 6.07) is 13.0. The van der Waals surface area contributed by atoms with Gasteiger partial charge in [-0.1, -0.05) is 18.2 Å². The Labute approximate surface area is 127 Å². The van der Waals surface area contributed by atoms with Crippen LogP contribution in [0.3, 0.4) is 0 Å². The lowest BCUT2D eigenvalue weighted by Crippen LogP contribution is -2.10. The number of phenols is 1. The number of nitriles is 1. The molecule has 0 saturated carbocycles. The minimum absolute atomic E-state index is 0.00434. The highest BCUT2D eigenvalue weighted by atomic mass is 16.8. The van der Waals surface area contributed by atoms with Crippen molar-refractivity contribution in [2.45, 2.75) is 0 Å². The van der Waals surface area contributed by atoms with E-state index in [9.17, 15) is 10.4 Å². The molecule has 0 spiro atoms. The van der Waals surface area contributed by atoms with E-state index in [2.05, 4.69) is 6.07 Å². The molecule has 112 valence electrons. The van der Waals surface area contributed by atoms with Crippen molar-refractivity contribution in [3.63, 3.8) is 0 Å². The van der Waals surface area contributed by atoms with Crippen LogP contribution in [0.1, 0.15) is 11.1 Å². The predicted octanol–water partition coefficient (Wildman–Crippen LogP) is 3.05. The van der Waals surface area contributed by atoms with Gasteiger partial charge in [0.15, 0.2) is 11.5 Å². The quantitative estimate of drug-likeness (QED) is 0.456. The topological polar surface area (TPSA) is 97.0 Å². The third-order valence-electron chi connectivity index (χ3n) is 3.04. The molecule has 2 aromatic carbocycles. The summed E-state index contributed by atoms with van der Waals surface area (Å²) in [5.74, 6) is 0.339. The number of nitrogens with zero attached hydrogens (tertiary/aromatic N) is 2. The summed E-state index contributed by atoms with van der Waals surface area (Å²) in [5, 5.41) is 36.7. The van der Waals surface area contributed by atoms with Gasteiger partial charge >= 0.3 is 0 Å². The van der Waals surface area contributed by atoms with Crippen molar-refractivity contribution in [1.82, 2.24) is 0 Å². The van der Waals surface area contributed by atoms with E-state index in [4.69, 9.17) is 15.2 Å². The normalized spacial score (nSPS) is 10.9. The Hall–Kier alpha value is -3.01. The molecule has 0 aliphatic carbocycles. The molecule has 0 heterocycles. The number of aromatic hydroxyl groups is 1. The monoisotopic (exact) mass is 298 g/mol. The van der Waals surface area contributed by atoms with Crippen molar-refractivity contribution >= 4 is 17.3 Å². The van der Waals surface area contributed by atoms with Gasteiger partial charge in [-0.2, -0.15) is 5.26 Å². The summed E-state index contributed by atoms with van der Waals surface area (Å²) in [6.07, 6.45) is 1.65. The Balaban J connectivity index is 2.37. The van der Waals surface area contributed by atoms with Gasteiger partial charge in [0, 0.05) is 0 Å². The van der Waals surface area contributed by atoms with Gasteiger partial charge in [0.2, 0.25) is 0 Å². The number of ether oxygens (including phenoxy) is 1. The summed E-state index contributed by atoms with van der Waals surface area (Å²) in [4.78, 5) is 0. The van der Waals surface area contributed by atoms with Gasteiger partial charge in [-0.3, -0.25) is 10.4 Å². The van der Waals surface area contributed by atoms with Gasteiger partial charge in [-0.15, -0.1) is 5.23 Å². The number of allylic oxidation sites excluding steroid dienone is 1. The van der Waals surface area contributed by atoms with E-state index in [1.54, 1.807) is 30.3 Å². The summed E-state index contributed by atoms with van der Waals surface area (Å²) < 4.78 is 5.03. The van der Waals surface area contributed by atoms with E-state index in [0.717, 1.165) is 0 Å². The summed E-state index contributed by atoms with van der Waals surface area (Å²) in [5.41, 5.74) is 1.90. The van der Waals surface area contributed by atoms with Gasteiger partial charge < -0.3 is 9.84 Å². The molecule has 22 heavy (non-hydrogen) atoms. The molecule has 0 saturated heterocycles. The second-order valence-electron chi connectivity index (χ2n) is 4.44. The Kier molecular flexibility index (Phi) is 4.63. The molecule has 0 aromatic heterocycles. The van der Waals surface area contributed by atoms with Crippen LogP contribution in [0.5, 0.6) is 11.5 Å². The van der Waals surface area contributed by atoms with Crippen LogP contribution in [0.15, 0.2) is 42.5 Å². The second-order valence-corrected chi connectivity index (χ2v) is 4.44. The molecule has 0 aliphatic heterocycles. The fraction of sp³-hybridized carbons (Fsp3) is 0.0625. The van der Waals surface area contributed by atoms with E-state index < -0.39 is 0 Å². The molecule has 0 fully saturated rings. The molecule has 2 aromatic rings. The highest BCUT2D eigenvalue weighted by Gasteiger charge is 2.06. The Morgan fingerprint density at radius 3 is 2.41 bits per heavy atom. The number of rotatable bonds is 4. The van der Waals surface area contributed by atoms with E-state index in [1.807, 2.05) is 0 Å². The SMILES string of the molecule is COc1cc(C=C(C#N)c2ccc(N(O)O)cc2)ccc1O. The average Bonchev–Trinajstić information content (AvgIpc) is 2.54. The minimum atomic E-state index is 0.00434. The first-order valence-electron chi connectivity index (χ1n) is 6.32. The van der Waals surface area contributed by atoms with Crippen molar-refractivity contribution in [3.05, 3.63) is 53.6 Å². The largest absolute Gasteiger partial charge is 0.504 e. The lowest BCUT2D eigenvalue weighted by molar-refractivity contribution is 0.0291. The molecule has 0 bridgehead atoms. The van der Waals surface area contributed by atoms with E-state index in [-0.39, 0.29) is 16.7 Å². The van der Waals surface area contributed by atoms with Crippen LogP contribution in [0.4, 0.5) is 5.69 Å². The van der Waals surface area contributed by atoms with Gasteiger partial charge in [-0.25, -0.2) is 0 Å². The maximum atomic E-state index is 9.56. The van der Waals surface area contributed by atoms with Gasteiger partial charge in [0.05, 0.1) is 24.4 Å². The van der Waals surface area contributed by atoms with Crippen molar-refractivity contribution in [2.75, 3.05) is 12.3 Å². The number of hydrogen-bond acceptors (Lipinski definition) is 6. The van der Waals surface area contributed by atoms with Crippen molar-refractivity contribution in [3.8, 4) is 17.6 Å². The van der Waals surface area contributed by atoms with Gasteiger partial charge in [0.1, 0.15) is 0 Å². The summed E-state index contributed by atoms with van der Waals surface area (Å²) in [7, 11) is 1.45. The standard InChI is InChI=1S/C16H14N2O4/c1-22-16-9-11(2-7-15(16)19)8-13(10-17)12-3-5-14(6-4-12)18(20)21/h2-9,19-21H,1H3. The lowest BCUT2D eigenvalue weighted by atomic mass is 10.0. The highest BCUT2D eigenvalue weighted by Crippen LogP contribution is 2.28. The first kappa shape index (κ1) is 15.4. The van der Waals surface area contributed by atoms with Crippen LogP contribution in [0, 0.1) is 11.3 Å². The first-order chi connectivity index (χ1) is 10.5. The molecular weight excluding hydrogens is 284 g/mol. The molecule has 2 rings (SSSR count). The molecule has 0 atom stereocenters. The number of anilines is 1. The van der Waals surface area contributed by atoms with Crippen LogP contribution in [0.25, 0.3) is 11.6 Å². The molecule has 0 radical (unpaired) electrons. The zero-order valence-electron chi connectivity index (χ0n) is 11.8. The van der Waals surface area contributed by atoms with Crippen LogP contribution >= 0.6 is 0 Å². The molecule has 3 N–H and O–H groups in total. The van der Waals surface area contributed by atoms with Gasteiger partial charge in [-0.05, 0) is 41.5 Å². The molecular formula is C16H14N2O4. The minimum Gasteiger partial charge on any atom is -0.504 e. The highest BCUT2D eigenvalue weighted by molar-refractivity contribution is 5.90. The van der Waals surface area contributed by atoms with Crippen molar-refractivity contribution in [1.29, 1.82) is 5.26 Å². The third kappa shape index (κ3) is 3.35. The van der Waals surface area contributed by atoms with Crippen molar-refractivity contribution in [2.24, 2.45) is 0 Å². The lowest BCUT2D eigenvalue weighted by Gasteiger charge is -2.08. The summed E-state index contributed by atoms with van der Waals surface area (Å²) in [6.45, 7) is 0.